The topological polar surface area (TPSA) is 34.1 Å². The van der Waals surface area contributed by atoms with Crippen molar-refractivity contribution in [2.24, 2.45) is 0 Å². The summed E-state index contributed by atoms with van der Waals surface area (Å²) in [6.07, 6.45) is -1.64. The van der Waals surface area contributed by atoms with Crippen LogP contribution in [0.3, 0.4) is 0 Å². The minimum atomic E-state index is -1.74. The molecule has 2 unspecified atom stereocenters. The molecule has 0 N–H and O–H groups in total. The average Bonchev–Trinajstić information content (AvgIpc) is 2.04. The molecule has 13 heavy (non-hydrogen) atoms. The van der Waals surface area contributed by atoms with E-state index in [9.17, 15) is 18.4 Å². The fourth-order valence-corrected chi connectivity index (χ4v) is 1.06. The van der Waals surface area contributed by atoms with Crippen molar-refractivity contribution in [1.29, 1.82) is 0 Å². The normalized spacial score (nSPS) is 15.0. The van der Waals surface area contributed by atoms with Crippen molar-refractivity contribution < 1.29 is 18.4 Å². The van der Waals surface area contributed by atoms with Crippen molar-refractivity contribution >= 4 is 23.7 Å². The molecule has 2 nitrogen and oxygen atoms in total. The number of alkyl halides is 3. The van der Waals surface area contributed by atoms with Crippen LogP contribution in [0.1, 0.15) is 19.3 Å². The third kappa shape index (κ3) is 6.63. The third-order valence-electron chi connectivity index (χ3n) is 1.42. The predicted molar refractivity (Wildman–Crippen MR) is 45.4 cm³/mol. The van der Waals surface area contributed by atoms with E-state index in [0.29, 0.717) is 6.29 Å². The number of carbonyl (C=O) groups excluding carboxylic acids is 2. The van der Waals surface area contributed by atoms with Crippen LogP contribution in [0.4, 0.5) is 8.78 Å². The van der Waals surface area contributed by atoms with Crippen LogP contribution in [0.25, 0.3) is 0 Å². The first kappa shape index (κ1) is 12.5. The van der Waals surface area contributed by atoms with Crippen molar-refractivity contribution in [3.05, 3.63) is 0 Å². The van der Waals surface area contributed by atoms with E-state index in [1.165, 1.54) is 0 Å². The molecular weight excluding hydrogens is 202 g/mol. The van der Waals surface area contributed by atoms with Crippen LogP contribution < -0.4 is 0 Å². The van der Waals surface area contributed by atoms with Crippen molar-refractivity contribution in [3.8, 4) is 0 Å². The van der Waals surface area contributed by atoms with Crippen molar-refractivity contribution in [2.45, 2.75) is 30.8 Å². The monoisotopic (exact) mass is 212 g/mol. The van der Waals surface area contributed by atoms with E-state index in [1.807, 2.05) is 0 Å². The Morgan fingerprint density at radius 3 is 2.54 bits per heavy atom. The molecule has 0 saturated carbocycles. The summed E-state index contributed by atoms with van der Waals surface area (Å²) < 4.78 is 23.9. The first-order valence-electron chi connectivity index (χ1n) is 3.89. The van der Waals surface area contributed by atoms with E-state index in [1.54, 1.807) is 0 Å². The number of ketones is 1. The summed E-state index contributed by atoms with van der Waals surface area (Å²) in [4.78, 5) is 20.8. The molecular formula is C8H11ClF2O2. The van der Waals surface area contributed by atoms with Gasteiger partial charge in [0.05, 0.1) is 0 Å². The zero-order valence-corrected chi connectivity index (χ0v) is 7.77. The quantitative estimate of drug-likeness (QED) is 0.477. The second-order valence-electron chi connectivity index (χ2n) is 2.70. The van der Waals surface area contributed by atoms with Gasteiger partial charge in [0.25, 0.3) is 0 Å². The fourth-order valence-electron chi connectivity index (χ4n) is 0.820. The molecule has 0 aromatic rings. The van der Waals surface area contributed by atoms with E-state index in [4.69, 9.17) is 11.6 Å². The minimum Gasteiger partial charge on any atom is -0.303 e. The van der Waals surface area contributed by atoms with Crippen molar-refractivity contribution in [3.63, 3.8) is 0 Å². The number of hydrogen-bond acceptors (Lipinski definition) is 2. The molecule has 0 aliphatic rings. The Labute approximate surface area is 80.3 Å². The molecule has 0 aliphatic carbocycles. The molecule has 0 aliphatic heterocycles. The highest BCUT2D eigenvalue weighted by molar-refractivity contribution is 6.22. The van der Waals surface area contributed by atoms with Gasteiger partial charge in [-0.05, 0) is 0 Å². The number of halogens is 3. The van der Waals surface area contributed by atoms with Crippen LogP contribution in [0.15, 0.2) is 0 Å². The largest absolute Gasteiger partial charge is 0.303 e. The molecule has 0 aromatic heterocycles. The van der Waals surface area contributed by atoms with Gasteiger partial charge in [0.1, 0.15) is 24.9 Å². The molecule has 0 amide bonds. The number of aldehydes is 1. The Morgan fingerprint density at radius 1 is 1.46 bits per heavy atom. The van der Waals surface area contributed by atoms with Gasteiger partial charge in [-0.25, -0.2) is 8.78 Å². The molecule has 0 rings (SSSR count). The summed E-state index contributed by atoms with van der Waals surface area (Å²) in [5, 5.41) is -0.600. The molecule has 0 radical (unpaired) electrons. The molecule has 0 heterocycles. The number of hydrogen-bond donors (Lipinski definition) is 0. The van der Waals surface area contributed by atoms with Crippen LogP contribution in [0, 0.1) is 0 Å². The summed E-state index contributed by atoms with van der Waals surface area (Å²) in [6.45, 7) is -1.16. The standard InChI is InChI=1S/C8H11ClF2O2/c9-6(1-2-12)3-8(13)4-7(11)5-10/h2,6-7H,1,3-5H2. The zero-order valence-electron chi connectivity index (χ0n) is 7.01. The third-order valence-corrected chi connectivity index (χ3v) is 1.75. The van der Waals surface area contributed by atoms with Gasteiger partial charge in [-0.1, -0.05) is 0 Å². The zero-order chi connectivity index (χ0) is 10.3. The average molecular weight is 213 g/mol. The molecule has 0 bridgehead atoms. The van der Waals surface area contributed by atoms with E-state index >= 15 is 0 Å². The maximum Gasteiger partial charge on any atom is 0.137 e. The summed E-state index contributed by atoms with van der Waals surface area (Å²) in [5.74, 6) is -0.452. The predicted octanol–water partition coefficient (Wildman–Crippen LogP) is 1.84. The number of rotatable bonds is 7. The van der Waals surface area contributed by atoms with E-state index in [2.05, 4.69) is 0 Å². The van der Waals surface area contributed by atoms with Crippen LogP contribution >= 0.6 is 11.6 Å². The van der Waals surface area contributed by atoms with E-state index in [0.717, 1.165) is 0 Å². The van der Waals surface area contributed by atoms with Gasteiger partial charge in [0.15, 0.2) is 0 Å². The SMILES string of the molecule is O=CCC(Cl)CC(=O)CC(F)CF. The lowest BCUT2D eigenvalue weighted by molar-refractivity contribution is -0.120. The minimum absolute atomic E-state index is 0.0554. The first-order valence-corrected chi connectivity index (χ1v) is 4.33. The summed E-state index contributed by atoms with van der Waals surface area (Å²) in [5.41, 5.74) is 0. The number of Topliss-reactive ketones (excluding diaryl/α,β-unsaturated/α-hetero) is 1. The Balaban J connectivity index is 3.66. The lowest BCUT2D eigenvalue weighted by Crippen LogP contribution is -2.15. The second-order valence-corrected chi connectivity index (χ2v) is 3.32. The summed E-state index contributed by atoms with van der Waals surface area (Å²) >= 11 is 5.53. The van der Waals surface area contributed by atoms with Gasteiger partial charge >= 0.3 is 0 Å². The van der Waals surface area contributed by atoms with Gasteiger partial charge < -0.3 is 4.79 Å². The maximum absolute atomic E-state index is 12.3. The first-order chi connectivity index (χ1) is 6.10. The van der Waals surface area contributed by atoms with E-state index < -0.39 is 30.4 Å². The molecule has 76 valence electrons. The molecule has 0 fully saturated rings. The fraction of sp³-hybridized carbons (Fsp3) is 0.750. The molecule has 5 heteroatoms. The lowest BCUT2D eigenvalue weighted by Gasteiger charge is -2.05. The van der Waals surface area contributed by atoms with Crippen LogP contribution in [0.5, 0.6) is 0 Å². The van der Waals surface area contributed by atoms with Crippen molar-refractivity contribution in [2.75, 3.05) is 6.67 Å². The van der Waals surface area contributed by atoms with Crippen LogP contribution in [0.2, 0.25) is 0 Å². The van der Waals surface area contributed by atoms with Gasteiger partial charge in [0.2, 0.25) is 0 Å². The second kappa shape index (κ2) is 6.95. The molecule has 2 atom stereocenters. The highest BCUT2D eigenvalue weighted by Crippen LogP contribution is 2.10. The highest BCUT2D eigenvalue weighted by Gasteiger charge is 2.15. The van der Waals surface area contributed by atoms with Crippen LogP contribution in [-0.2, 0) is 9.59 Å². The Kier molecular flexibility index (Phi) is 6.68. The molecule has 0 saturated heterocycles. The maximum atomic E-state index is 12.3. The van der Waals surface area contributed by atoms with E-state index in [-0.39, 0.29) is 12.8 Å². The number of carbonyl (C=O) groups is 2. The lowest BCUT2D eigenvalue weighted by atomic mass is 10.1. The van der Waals surface area contributed by atoms with Gasteiger partial charge in [-0.3, -0.25) is 4.79 Å². The highest BCUT2D eigenvalue weighted by atomic mass is 35.5. The Bertz CT molecular complexity index is 176. The van der Waals surface area contributed by atoms with Gasteiger partial charge in [-0.15, -0.1) is 11.6 Å². The smallest absolute Gasteiger partial charge is 0.137 e. The Morgan fingerprint density at radius 2 is 2.08 bits per heavy atom. The van der Waals surface area contributed by atoms with Crippen LogP contribution in [-0.4, -0.2) is 30.3 Å². The summed E-state index contributed by atoms with van der Waals surface area (Å²) in [6, 6.07) is 0. The van der Waals surface area contributed by atoms with Crippen molar-refractivity contribution in [1.82, 2.24) is 0 Å². The van der Waals surface area contributed by atoms with Gasteiger partial charge in [-0.2, -0.15) is 0 Å². The molecule has 0 aromatic carbocycles. The molecule has 0 spiro atoms. The Hall–Kier alpha value is -0.510. The van der Waals surface area contributed by atoms with Gasteiger partial charge in [0, 0.05) is 24.6 Å². The summed E-state index contributed by atoms with van der Waals surface area (Å²) in [7, 11) is 0.